The fraction of sp³-hybridized carbons (Fsp3) is 1.00. The Labute approximate surface area is 74.4 Å². The standard InChI is InChI=1S/C10H20F2/c1-3-6-9(4-2)7-5-8-10(11)12/h9-10H,3-8H2,1-2H3. The Morgan fingerprint density at radius 1 is 1.00 bits per heavy atom. The van der Waals surface area contributed by atoms with Gasteiger partial charge in [-0.1, -0.05) is 39.5 Å². The van der Waals surface area contributed by atoms with E-state index < -0.39 is 6.43 Å². The molecule has 0 aliphatic carbocycles. The second-order valence-corrected chi connectivity index (χ2v) is 3.38. The summed E-state index contributed by atoms with van der Waals surface area (Å²) in [6, 6.07) is 0. The Morgan fingerprint density at radius 2 is 1.67 bits per heavy atom. The van der Waals surface area contributed by atoms with Gasteiger partial charge in [0.1, 0.15) is 0 Å². The van der Waals surface area contributed by atoms with Crippen LogP contribution in [0.4, 0.5) is 8.78 Å². The van der Waals surface area contributed by atoms with E-state index in [-0.39, 0.29) is 6.42 Å². The summed E-state index contributed by atoms with van der Waals surface area (Å²) in [6.07, 6.45) is 3.15. The van der Waals surface area contributed by atoms with Crippen LogP contribution in [0.15, 0.2) is 0 Å². The van der Waals surface area contributed by atoms with Crippen molar-refractivity contribution in [3.8, 4) is 0 Å². The van der Waals surface area contributed by atoms with Crippen molar-refractivity contribution in [3.63, 3.8) is 0 Å². The lowest BCUT2D eigenvalue weighted by molar-refractivity contribution is 0.131. The third-order valence-corrected chi connectivity index (χ3v) is 2.31. The lowest BCUT2D eigenvalue weighted by Gasteiger charge is -2.12. The highest BCUT2D eigenvalue weighted by Crippen LogP contribution is 2.19. The van der Waals surface area contributed by atoms with Crippen LogP contribution < -0.4 is 0 Å². The Balaban J connectivity index is 3.31. The average Bonchev–Trinajstić information content (AvgIpc) is 2.02. The first-order chi connectivity index (χ1) is 5.70. The van der Waals surface area contributed by atoms with Crippen LogP contribution >= 0.6 is 0 Å². The molecule has 12 heavy (non-hydrogen) atoms. The first-order valence-electron chi connectivity index (χ1n) is 4.98. The summed E-state index contributed by atoms with van der Waals surface area (Å²) >= 11 is 0. The topological polar surface area (TPSA) is 0 Å². The predicted molar refractivity (Wildman–Crippen MR) is 48.5 cm³/mol. The molecule has 0 radical (unpaired) electrons. The van der Waals surface area contributed by atoms with Crippen molar-refractivity contribution in [3.05, 3.63) is 0 Å². The minimum absolute atomic E-state index is 0.0835. The second kappa shape index (κ2) is 7.51. The molecule has 0 fully saturated rings. The van der Waals surface area contributed by atoms with Gasteiger partial charge in [0.2, 0.25) is 6.43 Å². The smallest absolute Gasteiger partial charge is 0.211 e. The van der Waals surface area contributed by atoms with Crippen molar-refractivity contribution < 1.29 is 8.78 Å². The van der Waals surface area contributed by atoms with Gasteiger partial charge in [-0.25, -0.2) is 8.78 Å². The van der Waals surface area contributed by atoms with Gasteiger partial charge in [-0.2, -0.15) is 0 Å². The maximum absolute atomic E-state index is 11.8. The van der Waals surface area contributed by atoms with Gasteiger partial charge in [-0.05, 0) is 12.3 Å². The first kappa shape index (κ1) is 11.9. The van der Waals surface area contributed by atoms with E-state index in [2.05, 4.69) is 13.8 Å². The van der Waals surface area contributed by atoms with Crippen LogP contribution in [0, 0.1) is 5.92 Å². The molecule has 0 amide bonds. The predicted octanol–water partition coefficient (Wildman–Crippen LogP) is 4.25. The third-order valence-electron chi connectivity index (χ3n) is 2.31. The van der Waals surface area contributed by atoms with Gasteiger partial charge in [0.25, 0.3) is 0 Å². The Morgan fingerprint density at radius 3 is 2.08 bits per heavy atom. The van der Waals surface area contributed by atoms with Gasteiger partial charge >= 0.3 is 0 Å². The van der Waals surface area contributed by atoms with Gasteiger partial charge in [-0.3, -0.25) is 0 Å². The van der Waals surface area contributed by atoms with Crippen LogP contribution in [-0.2, 0) is 0 Å². The van der Waals surface area contributed by atoms with Crippen LogP contribution in [0.25, 0.3) is 0 Å². The van der Waals surface area contributed by atoms with Crippen molar-refractivity contribution in [2.24, 2.45) is 5.92 Å². The zero-order valence-electron chi connectivity index (χ0n) is 8.15. The Kier molecular flexibility index (Phi) is 7.42. The van der Waals surface area contributed by atoms with E-state index in [0.717, 1.165) is 12.8 Å². The third kappa shape index (κ3) is 6.56. The monoisotopic (exact) mass is 178 g/mol. The van der Waals surface area contributed by atoms with E-state index in [1.165, 1.54) is 12.8 Å². The summed E-state index contributed by atoms with van der Waals surface area (Å²) in [7, 11) is 0. The van der Waals surface area contributed by atoms with Crippen molar-refractivity contribution >= 4 is 0 Å². The molecule has 1 atom stereocenters. The first-order valence-corrected chi connectivity index (χ1v) is 4.98. The van der Waals surface area contributed by atoms with Crippen LogP contribution in [0.3, 0.4) is 0 Å². The van der Waals surface area contributed by atoms with Gasteiger partial charge < -0.3 is 0 Å². The lowest BCUT2D eigenvalue weighted by Crippen LogP contribution is -2.00. The molecule has 0 saturated carbocycles. The second-order valence-electron chi connectivity index (χ2n) is 3.38. The van der Waals surface area contributed by atoms with Crippen LogP contribution in [0.2, 0.25) is 0 Å². The van der Waals surface area contributed by atoms with Gasteiger partial charge in [-0.15, -0.1) is 0 Å². The summed E-state index contributed by atoms with van der Waals surface area (Å²) in [5, 5.41) is 0. The number of alkyl halides is 2. The molecule has 0 heterocycles. The largest absolute Gasteiger partial charge is 0.238 e. The molecule has 74 valence electrons. The van der Waals surface area contributed by atoms with Gasteiger partial charge in [0.05, 0.1) is 0 Å². The maximum Gasteiger partial charge on any atom is 0.238 e. The summed E-state index contributed by atoms with van der Waals surface area (Å²) < 4.78 is 23.6. The van der Waals surface area contributed by atoms with Crippen LogP contribution in [0.5, 0.6) is 0 Å². The average molecular weight is 178 g/mol. The number of hydrogen-bond acceptors (Lipinski definition) is 0. The molecule has 0 aliphatic heterocycles. The van der Waals surface area contributed by atoms with Gasteiger partial charge in [0.15, 0.2) is 0 Å². The van der Waals surface area contributed by atoms with E-state index in [0.29, 0.717) is 12.3 Å². The molecular weight excluding hydrogens is 158 g/mol. The van der Waals surface area contributed by atoms with Crippen molar-refractivity contribution in [1.82, 2.24) is 0 Å². The van der Waals surface area contributed by atoms with E-state index in [4.69, 9.17) is 0 Å². The highest BCUT2D eigenvalue weighted by atomic mass is 19.3. The molecule has 0 rings (SSSR count). The van der Waals surface area contributed by atoms with E-state index in [9.17, 15) is 8.78 Å². The normalized spacial score (nSPS) is 13.8. The summed E-state index contributed by atoms with van der Waals surface area (Å²) in [6.45, 7) is 4.29. The molecule has 2 heteroatoms. The molecule has 0 aromatic heterocycles. The van der Waals surface area contributed by atoms with Crippen molar-refractivity contribution in [2.45, 2.75) is 58.8 Å². The fourth-order valence-corrected chi connectivity index (χ4v) is 1.52. The molecule has 0 spiro atoms. The molecule has 0 aromatic carbocycles. The number of halogens is 2. The molecule has 0 aromatic rings. The zero-order chi connectivity index (χ0) is 9.40. The quantitative estimate of drug-likeness (QED) is 0.546. The Hall–Kier alpha value is -0.140. The molecule has 0 aliphatic rings. The van der Waals surface area contributed by atoms with Crippen LogP contribution in [-0.4, -0.2) is 6.43 Å². The minimum atomic E-state index is -2.11. The summed E-state index contributed by atoms with van der Waals surface area (Å²) in [5.74, 6) is 0.675. The van der Waals surface area contributed by atoms with Crippen molar-refractivity contribution in [1.29, 1.82) is 0 Å². The molecule has 0 N–H and O–H groups in total. The number of rotatable bonds is 7. The molecular formula is C10H20F2. The van der Waals surface area contributed by atoms with Crippen molar-refractivity contribution in [2.75, 3.05) is 0 Å². The molecule has 0 bridgehead atoms. The van der Waals surface area contributed by atoms with Gasteiger partial charge in [0, 0.05) is 6.42 Å². The Bertz CT molecular complexity index is 91.8. The minimum Gasteiger partial charge on any atom is -0.211 e. The number of hydrogen-bond donors (Lipinski definition) is 0. The SMILES string of the molecule is CCCC(CC)CCCC(F)F. The fourth-order valence-electron chi connectivity index (χ4n) is 1.52. The van der Waals surface area contributed by atoms with E-state index >= 15 is 0 Å². The molecule has 1 unspecified atom stereocenters. The van der Waals surface area contributed by atoms with Crippen LogP contribution in [0.1, 0.15) is 52.4 Å². The molecule has 0 saturated heterocycles. The maximum atomic E-state index is 11.8. The molecule has 0 nitrogen and oxygen atoms in total. The zero-order valence-corrected chi connectivity index (χ0v) is 8.15. The summed E-state index contributed by atoms with van der Waals surface area (Å²) in [4.78, 5) is 0. The lowest BCUT2D eigenvalue weighted by atomic mass is 9.95. The highest BCUT2D eigenvalue weighted by Gasteiger charge is 2.07. The highest BCUT2D eigenvalue weighted by molar-refractivity contribution is 4.57. The van der Waals surface area contributed by atoms with E-state index in [1.807, 2.05) is 0 Å². The summed E-state index contributed by atoms with van der Waals surface area (Å²) in [5.41, 5.74) is 0. The van der Waals surface area contributed by atoms with E-state index in [1.54, 1.807) is 0 Å².